The molecule has 0 aliphatic carbocycles. The third-order valence-electron chi connectivity index (χ3n) is 3.30. The van der Waals surface area contributed by atoms with Crippen LogP contribution in [0.5, 0.6) is 0 Å². The van der Waals surface area contributed by atoms with Crippen molar-refractivity contribution in [2.45, 2.75) is 13.0 Å². The first-order valence-corrected chi connectivity index (χ1v) is 6.33. The molecule has 1 aliphatic heterocycles. The minimum atomic E-state index is 0.108. The fourth-order valence-electron chi connectivity index (χ4n) is 2.29. The van der Waals surface area contributed by atoms with Crippen LogP contribution in [0.2, 0.25) is 0 Å². The Morgan fingerprint density at radius 1 is 1.50 bits per heavy atom. The van der Waals surface area contributed by atoms with Gasteiger partial charge in [0.2, 0.25) is 0 Å². The predicted molar refractivity (Wildman–Crippen MR) is 70.7 cm³/mol. The van der Waals surface area contributed by atoms with E-state index in [0.717, 1.165) is 17.7 Å². The van der Waals surface area contributed by atoms with Crippen molar-refractivity contribution in [3.8, 4) is 0 Å². The molecule has 0 radical (unpaired) electrons. The molecule has 0 bridgehead atoms. The summed E-state index contributed by atoms with van der Waals surface area (Å²) in [5, 5.41) is 3.11. The van der Waals surface area contributed by atoms with Crippen LogP contribution in [0.1, 0.15) is 15.9 Å². The first-order chi connectivity index (χ1) is 8.74. The maximum atomic E-state index is 12.5. The van der Waals surface area contributed by atoms with Crippen LogP contribution in [-0.2, 0) is 4.74 Å². The van der Waals surface area contributed by atoms with Crippen molar-refractivity contribution in [3.63, 3.8) is 0 Å². The monoisotopic (exact) mass is 248 g/mol. The Morgan fingerprint density at radius 3 is 3.00 bits per heavy atom. The molecule has 18 heavy (non-hydrogen) atoms. The lowest BCUT2D eigenvalue weighted by Gasteiger charge is -2.35. The second-order valence-corrected chi connectivity index (χ2v) is 4.60. The zero-order valence-corrected chi connectivity index (χ0v) is 11.0. The number of morpholine rings is 1. The number of aryl methyl sites for hydroxylation is 1. The van der Waals surface area contributed by atoms with E-state index in [4.69, 9.17) is 4.74 Å². The van der Waals surface area contributed by atoms with Crippen LogP contribution in [0, 0.1) is 6.92 Å². The molecule has 98 valence electrons. The SMILES string of the molecule is CNCC1COCCN1C(=O)c1ccccc1C. The van der Waals surface area contributed by atoms with Gasteiger partial charge in [0.25, 0.3) is 5.91 Å². The van der Waals surface area contributed by atoms with Crippen LogP contribution in [0.3, 0.4) is 0 Å². The van der Waals surface area contributed by atoms with Gasteiger partial charge in [0, 0.05) is 18.7 Å². The number of rotatable bonds is 3. The summed E-state index contributed by atoms with van der Waals surface area (Å²) >= 11 is 0. The van der Waals surface area contributed by atoms with Crippen molar-refractivity contribution in [2.75, 3.05) is 33.4 Å². The quantitative estimate of drug-likeness (QED) is 0.869. The van der Waals surface area contributed by atoms with Gasteiger partial charge in [-0.05, 0) is 25.6 Å². The maximum Gasteiger partial charge on any atom is 0.254 e. The van der Waals surface area contributed by atoms with E-state index in [9.17, 15) is 4.79 Å². The minimum absolute atomic E-state index is 0.108. The Labute approximate surface area is 108 Å². The number of amides is 1. The summed E-state index contributed by atoms with van der Waals surface area (Å²) in [6.45, 7) is 4.63. The zero-order valence-electron chi connectivity index (χ0n) is 11.0. The van der Waals surface area contributed by atoms with Gasteiger partial charge in [-0.25, -0.2) is 0 Å². The van der Waals surface area contributed by atoms with Gasteiger partial charge in [0.05, 0.1) is 19.3 Å². The summed E-state index contributed by atoms with van der Waals surface area (Å²) < 4.78 is 5.45. The molecular weight excluding hydrogens is 228 g/mol. The lowest BCUT2D eigenvalue weighted by atomic mass is 10.1. The van der Waals surface area contributed by atoms with Crippen molar-refractivity contribution in [1.29, 1.82) is 0 Å². The molecule has 0 spiro atoms. The van der Waals surface area contributed by atoms with Gasteiger partial charge in [-0.2, -0.15) is 0 Å². The Balaban J connectivity index is 2.18. The van der Waals surface area contributed by atoms with Crippen molar-refractivity contribution in [1.82, 2.24) is 10.2 Å². The molecule has 1 unspecified atom stereocenters. The zero-order chi connectivity index (χ0) is 13.0. The Morgan fingerprint density at radius 2 is 2.28 bits per heavy atom. The Bertz CT molecular complexity index is 418. The van der Waals surface area contributed by atoms with E-state index in [1.807, 2.05) is 43.1 Å². The van der Waals surface area contributed by atoms with E-state index >= 15 is 0 Å². The van der Waals surface area contributed by atoms with Crippen molar-refractivity contribution in [2.24, 2.45) is 0 Å². The van der Waals surface area contributed by atoms with Gasteiger partial charge in [0.15, 0.2) is 0 Å². The lowest BCUT2D eigenvalue weighted by molar-refractivity contribution is -0.00101. The molecule has 4 heteroatoms. The molecule has 0 saturated carbocycles. The molecule has 1 aliphatic rings. The molecule has 1 fully saturated rings. The summed E-state index contributed by atoms with van der Waals surface area (Å²) in [5.74, 6) is 0.108. The van der Waals surface area contributed by atoms with Crippen LogP contribution in [0.4, 0.5) is 0 Å². The number of nitrogens with zero attached hydrogens (tertiary/aromatic N) is 1. The van der Waals surface area contributed by atoms with Gasteiger partial charge in [0.1, 0.15) is 0 Å². The number of ether oxygens (including phenoxy) is 1. The van der Waals surface area contributed by atoms with Crippen LogP contribution in [-0.4, -0.2) is 50.2 Å². The van der Waals surface area contributed by atoms with E-state index < -0.39 is 0 Å². The Hall–Kier alpha value is -1.39. The molecule has 1 aromatic carbocycles. The molecule has 1 amide bonds. The molecule has 0 aromatic heterocycles. The second kappa shape index (κ2) is 5.98. The van der Waals surface area contributed by atoms with Crippen molar-refractivity contribution in [3.05, 3.63) is 35.4 Å². The molecular formula is C14H20N2O2. The first kappa shape index (κ1) is 13.1. The van der Waals surface area contributed by atoms with Gasteiger partial charge in [-0.1, -0.05) is 18.2 Å². The third-order valence-corrected chi connectivity index (χ3v) is 3.30. The summed E-state index contributed by atoms with van der Waals surface area (Å²) in [6, 6.07) is 7.85. The molecule has 1 heterocycles. The van der Waals surface area contributed by atoms with Crippen LogP contribution in [0.25, 0.3) is 0 Å². The Kier molecular flexibility index (Phi) is 4.33. The smallest absolute Gasteiger partial charge is 0.254 e. The molecule has 1 atom stereocenters. The average Bonchev–Trinajstić information content (AvgIpc) is 2.40. The number of nitrogens with one attached hydrogen (secondary N) is 1. The summed E-state index contributed by atoms with van der Waals surface area (Å²) in [5.41, 5.74) is 1.82. The minimum Gasteiger partial charge on any atom is -0.377 e. The highest BCUT2D eigenvalue weighted by Gasteiger charge is 2.27. The van der Waals surface area contributed by atoms with Crippen LogP contribution in [0.15, 0.2) is 24.3 Å². The number of carbonyl (C=O) groups excluding carboxylic acids is 1. The lowest BCUT2D eigenvalue weighted by Crippen LogP contribution is -2.52. The van der Waals surface area contributed by atoms with Crippen molar-refractivity contribution < 1.29 is 9.53 Å². The fourth-order valence-corrected chi connectivity index (χ4v) is 2.29. The van der Waals surface area contributed by atoms with Crippen LogP contribution >= 0.6 is 0 Å². The third kappa shape index (κ3) is 2.71. The molecule has 4 nitrogen and oxygen atoms in total. The first-order valence-electron chi connectivity index (χ1n) is 6.33. The normalized spacial score (nSPS) is 19.9. The summed E-state index contributed by atoms with van der Waals surface area (Å²) in [4.78, 5) is 14.5. The number of benzene rings is 1. The number of likely N-dealkylation sites (N-methyl/N-ethyl adjacent to an activating group) is 1. The van der Waals surface area contributed by atoms with E-state index in [1.54, 1.807) is 0 Å². The topological polar surface area (TPSA) is 41.6 Å². The van der Waals surface area contributed by atoms with E-state index in [0.29, 0.717) is 19.8 Å². The standard InChI is InChI=1S/C14H20N2O2/c1-11-5-3-4-6-13(11)14(17)16-7-8-18-10-12(16)9-15-2/h3-6,12,15H,7-10H2,1-2H3. The largest absolute Gasteiger partial charge is 0.377 e. The van der Waals surface area contributed by atoms with Gasteiger partial charge < -0.3 is 15.0 Å². The van der Waals surface area contributed by atoms with Crippen molar-refractivity contribution >= 4 is 5.91 Å². The molecule has 1 N–H and O–H groups in total. The van der Waals surface area contributed by atoms with E-state index in [1.165, 1.54) is 0 Å². The highest BCUT2D eigenvalue weighted by atomic mass is 16.5. The maximum absolute atomic E-state index is 12.5. The number of carbonyl (C=O) groups is 1. The van der Waals surface area contributed by atoms with Gasteiger partial charge in [-0.3, -0.25) is 4.79 Å². The summed E-state index contributed by atoms with van der Waals surface area (Å²) in [7, 11) is 1.89. The highest BCUT2D eigenvalue weighted by molar-refractivity contribution is 5.95. The highest BCUT2D eigenvalue weighted by Crippen LogP contribution is 2.15. The molecule has 2 rings (SSSR count). The second-order valence-electron chi connectivity index (χ2n) is 4.60. The number of hydrogen-bond acceptors (Lipinski definition) is 3. The van der Waals surface area contributed by atoms with E-state index in [-0.39, 0.29) is 11.9 Å². The van der Waals surface area contributed by atoms with Gasteiger partial charge in [-0.15, -0.1) is 0 Å². The molecule has 1 saturated heterocycles. The fraction of sp³-hybridized carbons (Fsp3) is 0.500. The average molecular weight is 248 g/mol. The van der Waals surface area contributed by atoms with Gasteiger partial charge >= 0.3 is 0 Å². The molecule has 1 aromatic rings. The van der Waals surface area contributed by atoms with Crippen LogP contribution < -0.4 is 5.32 Å². The summed E-state index contributed by atoms with van der Waals surface area (Å²) in [6.07, 6.45) is 0. The predicted octanol–water partition coefficient (Wildman–Crippen LogP) is 1.06. The van der Waals surface area contributed by atoms with E-state index in [2.05, 4.69) is 5.32 Å². The number of hydrogen-bond donors (Lipinski definition) is 1.